The number of hydrogen-bond acceptors (Lipinski definition) is 4. The predicted molar refractivity (Wildman–Crippen MR) is 59.0 cm³/mol. The highest BCUT2D eigenvalue weighted by atomic mass is 16.4. The molecule has 2 amide bonds. The number of oxazole rings is 1. The maximum absolute atomic E-state index is 11.7. The van der Waals surface area contributed by atoms with E-state index in [4.69, 9.17) is 4.42 Å². The SMILES string of the molecule is Cc1nc(CN2C(=O)CNC(=O)C2C)oc1C. The highest BCUT2D eigenvalue weighted by Gasteiger charge is 2.31. The maximum atomic E-state index is 11.7. The van der Waals surface area contributed by atoms with Crippen LogP contribution >= 0.6 is 0 Å². The normalized spacial score (nSPS) is 20.6. The molecule has 1 N–H and O–H groups in total. The minimum atomic E-state index is -0.483. The summed E-state index contributed by atoms with van der Waals surface area (Å²) in [6.45, 7) is 5.63. The first kappa shape index (κ1) is 11.6. The summed E-state index contributed by atoms with van der Waals surface area (Å²) in [4.78, 5) is 28.8. The van der Waals surface area contributed by atoms with E-state index in [0.29, 0.717) is 5.89 Å². The number of aryl methyl sites for hydroxylation is 2. The molecule has 0 aromatic carbocycles. The van der Waals surface area contributed by atoms with Crippen molar-refractivity contribution in [3.05, 3.63) is 17.3 Å². The van der Waals surface area contributed by atoms with Crippen molar-refractivity contribution >= 4 is 11.8 Å². The molecule has 92 valence electrons. The van der Waals surface area contributed by atoms with E-state index in [0.717, 1.165) is 11.5 Å². The Morgan fingerprint density at radius 1 is 1.47 bits per heavy atom. The van der Waals surface area contributed by atoms with Crippen molar-refractivity contribution in [1.29, 1.82) is 0 Å². The Morgan fingerprint density at radius 3 is 2.76 bits per heavy atom. The number of hydrogen-bond donors (Lipinski definition) is 1. The third-order valence-electron chi connectivity index (χ3n) is 2.96. The van der Waals surface area contributed by atoms with Crippen LogP contribution in [-0.4, -0.2) is 34.3 Å². The van der Waals surface area contributed by atoms with E-state index >= 15 is 0 Å². The second kappa shape index (κ2) is 4.20. The molecule has 0 spiro atoms. The maximum Gasteiger partial charge on any atom is 0.243 e. The summed E-state index contributed by atoms with van der Waals surface area (Å²) in [5, 5.41) is 2.53. The van der Waals surface area contributed by atoms with Crippen LogP contribution in [0.3, 0.4) is 0 Å². The third kappa shape index (κ3) is 2.15. The minimum Gasteiger partial charge on any atom is -0.444 e. The molecule has 1 aromatic rings. The van der Waals surface area contributed by atoms with Gasteiger partial charge in [-0.3, -0.25) is 9.59 Å². The Kier molecular flexibility index (Phi) is 2.87. The van der Waals surface area contributed by atoms with Crippen LogP contribution in [0.2, 0.25) is 0 Å². The number of aromatic nitrogens is 1. The van der Waals surface area contributed by atoms with Crippen molar-refractivity contribution < 1.29 is 14.0 Å². The van der Waals surface area contributed by atoms with E-state index in [1.807, 2.05) is 13.8 Å². The Morgan fingerprint density at radius 2 is 2.18 bits per heavy atom. The molecule has 0 saturated carbocycles. The molecule has 2 rings (SSSR count). The van der Waals surface area contributed by atoms with Crippen LogP contribution in [0.4, 0.5) is 0 Å². The molecule has 1 unspecified atom stereocenters. The monoisotopic (exact) mass is 237 g/mol. The van der Waals surface area contributed by atoms with Gasteiger partial charge < -0.3 is 14.6 Å². The Hall–Kier alpha value is -1.85. The Balaban J connectivity index is 2.16. The summed E-state index contributed by atoms with van der Waals surface area (Å²) in [7, 11) is 0. The van der Waals surface area contributed by atoms with Crippen LogP contribution in [0, 0.1) is 13.8 Å². The average molecular weight is 237 g/mol. The van der Waals surface area contributed by atoms with E-state index in [9.17, 15) is 9.59 Å². The molecule has 1 aliphatic rings. The van der Waals surface area contributed by atoms with Crippen molar-refractivity contribution in [2.24, 2.45) is 0 Å². The van der Waals surface area contributed by atoms with Crippen LogP contribution in [0.15, 0.2) is 4.42 Å². The lowest BCUT2D eigenvalue weighted by atomic mass is 10.2. The fourth-order valence-electron chi connectivity index (χ4n) is 1.75. The van der Waals surface area contributed by atoms with Gasteiger partial charge in [-0.2, -0.15) is 0 Å². The average Bonchev–Trinajstić information content (AvgIpc) is 2.59. The molecule has 2 heterocycles. The summed E-state index contributed by atoms with van der Waals surface area (Å²) < 4.78 is 5.41. The molecule has 0 radical (unpaired) electrons. The van der Waals surface area contributed by atoms with Gasteiger partial charge in [0.2, 0.25) is 17.7 Å². The number of nitrogens with one attached hydrogen (secondary N) is 1. The Labute approximate surface area is 99.0 Å². The minimum absolute atomic E-state index is 0.0435. The number of carbonyl (C=O) groups is 2. The van der Waals surface area contributed by atoms with E-state index in [1.54, 1.807) is 6.92 Å². The number of nitrogens with zero attached hydrogens (tertiary/aromatic N) is 2. The van der Waals surface area contributed by atoms with Crippen LogP contribution in [0.25, 0.3) is 0 Å². The Bertz CT molecular complexity index is 447. The van der Waals surface area contributed by atoms with Gasteiger partial charge in [0.05, 0.1) is 18.8 Å². The number of piperazine rings is 1. The van der Waals surface area contributed by atoms with Crippen molar-refractivity contribution in [3.63, 3.8) is 0 Å². The molecule has 1 atom stereocenters. The highest BCUT2D eigenvalue weighted by molar-refractivity contribution is 5.94. The fourth-order valence-corrected chi connectivity index (χ4v) is 1.75. The van der Waals surface area contributed by atoms with Crippen molar-refractivity contribution in [2.75, 3.05) is 6.54 Å². The van der Waals surface area contributed by atoms with E-state index in [1.165, 1.54) is 4.90 Å². The van der Waals surface area contributed by atoms with E-state index in [2.05, 4.69) is 10.3 Å². The molecule has 17 heavy (non-hydrogen) atoms. The van der Waals surface area contributed by atoms with Gasteiger partial charge in [-0.25, -0.2) is 4.98 Å². The first-order valence-corrected chi connectivity index (χ1v) is 5.49. The molecular formula is C11H15N3O3. The fraction of sp³-hybridized carbons (Fsp3) is 0.545. The lowest BCUT2D eigenvalue weighted by molar-refractivity contribution is -0.145. The lowest BCUT2D eigenvalue weighted by Gasteiger charge is -2.31. The van der Waals surface area contributed by atoms with Gasteiger partial charge >= 0.3 is 0 Å². The predicted octanol–water partition coefficient (Wildman–Crippen LogP) is 0.138. The van der Waals surface area contributed by atoms with Crippen molar-refractivity contribution in [3.8, 4) is 0 Å². The summed E-state index contributed by atoms with van der Waals surface area (Å²) in [5.74, 6) is 0.937. The third-order valence-corrected chi connectivity index (χ3v) is 2.96. The summed E-state index contributed by atoms with van der Waals surface area (Å²) in [6.07, 6.45) is 0. The van der Waals surface area contributed by atoms with Crippen LogP contribution in [-0.2, 0) is 16.1 Å². The van der Waals surface area contributed by atoms with E-state index < -0.39 is 6.04 Å². The zero-order valence-electron chi connectivity index (χ0n) is 10.1. The van der Waals surface area contributed by atoms with Crippen molar-refractivity contribution in [2.45, 2.75) is 33.4 Å². The first-order valence-electron chi connectivity index (χ1n) is 5.49. The second-order valence-electron chi connectivity index (χ2n) is 4.16. The smallest absolute Gasteiger partial charge is 0.243 e. The largest absolute Gasteiger partial charge is 0.444 e. The molecule has 1 saturated heterocycles. The molecule has 1 aromatic heterocycles. The lowest BCUT2D eigenvalue weighted by Crippen LogP contribution is -2.56. The van der Waals surface area contributed by atoms with E-state index in [-0.39, 0.29) is 24.9 Å². The zero-order valence-corrected chi connectivity index (χ0v) is 10.1. The first-order chi connectivity index (χ1) is 7.99. The number of carbonyl (C=O) groups excluding carboxylic acids is 2. The van der Waals surface area contributed by atoms with Crippen LogP contribution in [0.1, 0.15) is 24.3 Å². The van der Waals surface area contributed by atoms with Crippen molar-refractivity contribution in [1.82, 2.24) is 15.2 Å². The molecular weight excluding hydrogens is 222 g/mol. The van der Waals surface area contributed by atoms with Gasteiger partial charge in [-0.05, 0) is 20.8 Å². The number of rotatable bonds is 2. The topological polar surface area (TPSA) is 75.4 Å². The summed E-state index contributed by atoms with van der Waals surface area (Å²) in [5.41, 5.74) is 0.807. The molecule has 6 heteroatoms. The van der Waals surface area contributed by atoms with Gasteiger partial charge in [-0.1, -0.05) is 0 Å². The summed E-state index contributed by atoms with van der Waals surface area (Å²) >= 11 is 0. The molecule has 0 bridgehead atoms. The van der Waals surface area contributed by atoms with Gasteiger partial charge in [0.15, 0.2) is 0 Å². The standard InChI is InChI=1S/C11H15N3O3/c1-6-8(3)17-9(13-6)5-14-7(2)11(16)12-4-10(14)15/h7H,4-5H2,1-3H3,(H,12,16). The molecule has 6 nitrogen and oxygen atoms in total. The highest BCUT2D eigenvalue weighted by Crippen LogP contribution is 2.14. The number of amides is 2. The summed E-state index contributed by atoms with van der Waals surface area (Å²) in [6, 6.07) is -0.483. The zero-order chi connectivity index (χ0) is 12.6. The molecule has 1 fully saturated rings. The van der Waals surface area contributed by atoms with Gasteiger partial charge in [0.25, 0.3) is 0 Å². The van der Waals surface area contributed by atoms with Gasteiger partial charge in [0.1, 0.15) is 11.8 Å². The van der Waals surface area contributed by atoms with Crippen LogP contribution in [0.5, 0.6) is 0 Å². The molecule has 1 aliphatic heterocycles. The van der Waals surface area contributed by atoms with Gasteiger partial charge in [-0.15, -0.1) is 0 Å². The quantitative estimate of drug-likeness (QED) is 0.793. The van der Waals surface area contributed by atoms with Gasteiger partial charge in [0, 0.05) is 0 Å². The van der Waals surface area contributed by atoms with Crippen LogP contribution < -0.4 is 5.32 Å². The molecule has 0 aliphatic carbocycles. The second-order valence-corrected chi connectivity index (χ2v) is 4.16.